The first-order valence-electron chi connectivity index (χ1n) is 10.6. The maximum Gasteiger partial charge on any atom is 0.254 e. The summed E-state index contributed by atoms with van der Waals surface area (Å²) in [6, 6.07) is 13.3. The summed E-state index contributed by atoms with van der Waals surface area (Å²) in [5.74, 6) is 0.455. The SMILES string of the molecule is Cc1cc(NC(=O)[C@@H]2CNCCO2)ccc1-c1cc(-c2ccc3c(N)n[nH]c3c2)nc(N)n1. The number of nitrogens with zero attached hydrogens (tertiary/aromatic N) is 3. The van der Waals surface area contributed by atoms with E-state index < -0.39 is 6.10 Å². The Hall–Kier alpha value is -4.02. The van der Waals surface area contributed by atoms with Crippen LogP contribution in [0.15, 0.2) is 42.5 Å². The molecule has 4 aromatic rings. The molecule has 5 rings (SSSR count). The number of fused-ring (bicyclic) bond motifs is 1. The number of hydrogen-bond acceptors (Lipinski definition) is 8. The zero-order valence-electron chi connectivity index (χ0n) is 18.1. The normalized spacial score (nSPS) is 16.1. The van der Waals surface area contributed by atoms with E-state index in [0.717, 1.165) is 34.1 Å². The molecule has 3 heterocycles. The zero-order valence-corrected chi connectivity index (χ0v) is 18.1. The lowest BCUT2D eigenvalue weighted by Gasteiger charge is -2.22. The maximum absolute atomic E-state index is 12.4. The van der Waals surface area contributed by atoms with Gasteiger partial charge < -0.3 is 26.8 Å². The quantitative estimate of drug-likeness (QED) is 0.320. The molecule has 0 saturated carbocycles. The van der Waals surface area contributed by atoms with E-state index in [-0.39, 0.29) is 11.9 Å². The minimum Gasteiger partial charge on any atom is -0.382 e. The third-order valence-electron chi connectivity index (χ3n) is 5.62. The van der Waals surface area contributed by atoms with E-state index in [4.69, 9.17) is 16.2 Å². The molecule has 0 unspecified atom stereocenters. The molecule has 0 spiro atoms. The summed E-state index contributed by atoms with van der Waals surface area (Å²) in [6.45, 7) is 3.74. The van der Waals surface area contributed by atoms with E-state index in [9.17, 15) is 4.79 Å². The average Bonchev–Trinajstić information content (AvgIpc) is 3.19. The number of anilines is 3. The predicted molar refractivity (Wildman–Crippen MR) is 127 cm³/mol. The van der Waals surface area contributed by atoms with Crippen molar-refractivity contribution in [2.45, 2.75) is 13.0 Å². The minimum absolute atomic E-state index is 0.169. The second-order valence-electron chi connectivity index (χ2n) is 7.95. The van der Waals surface area contributed by atoms with Crippen LogP contribution < -0.4 is 22.1 Å². The highest BCUT2D eigenvalue weighted by Crippen LogP contribution is 2.30. The molecule has 10 heteroatoms. The number of hydrogen-bond donors (Lipinski definition) is 5. The first-order chi connectivity index (χ1) is 16.0. The molecule has 2 aromatic carbocycles. The van der Waals surface area contributed by atoms with Crippen LogP contribution >= 0.6 is 0 Å². The Kier molecular flexibility index (Phi) is 5.37. The summed E-state index contributed by atoms with van der Waals surface area (Å²) in [5, 5.41) is 13.9. The van der Waals surface area contributed by atoms with E-state index in [1.807, 2.05) is 49.4 Å². The number of nitrogen functional groups attached to an aromatic ring is 2. The number of aromatic nitrogens is 4. The number of carbonyl (C=O) groups excluding carboxylic acids is 1. The Labute approximate surface area is 189 Å². The van der Waals surface area contributed by atoms with E-state index in [1.165, 1.54) is 0 Å². The molecule has 1 fully saturated rings. The maximum atomic E-state index is 12.4. The van der Waals surface area contributed by atoms with Gasteiger partial charge in [0.05, 0.1) is 23.5 Å². The number of ether oxygens (including phenoxy) is 1. The lowest BCUT2D eigenvalue weighted by molar-refractivity contribution is -0.128. The van der Waals surface area contributed by atoms with E-state index >= 15 is 0 Å². The van der Waals surface area contributed by atoms with Crippen molar-refractivity contribution in [3.8, 4) is 22.5 Å². The van der Waals surface area contributed by atoms with Gasteiger partial charge in [-0.05, 0) is 42.8 Å². The van der Waals surface area contributed by atoms with Crippen molar-refractivity contribution in [2.24, 2.45) is 0 Å². The number of rotatable bonds is 4. The van der Waals surface area contributed by atoms with Gasteiger partial charge in [-0.2, -0.15) is 5.10 Å². The van der Waals surface area contributed by atoms with Gasteiger partial charge in [0.1, 0.15) is 6.10 Å². The molecule has 10 nitrogen and oxygen atoms in total. The van der Waals surface area contributed by atoms with E-state index in [0.29, 0.717) is 36.0 Å². The molecule has 2 aromatic heterocycles. The number of benzene rings is 2. The second-order valence-corrected chi connectivity index (χ2v) is 7.95. The Morgan fingerprint density at radius 1 is 1.12 bits per heavy atom. The van der Waals surface area contributed by atoms with Gasteiger partial charge >= 0.3 is 0 Å². The molecular formula is C23H24N8O2. The topological polar surface area (TPSA) is 157 Å². The molecule has 1 aliphatic rings. The highest BCUT2D eigenvalue weighted by Gasteiger charge is 2.22. The van der Waals surface area contributed by atoms with E-state index in [2.05, 4.69) is 30.8 Å². The first-order valence-corrected chi connectivity index (χ1v) is 10.6. The average molecular weight is 444 g/mol. The van der Waals surface area contributed by atoms with Gasteiger partial charge in [0.2, 0.25) is 5.95 Å². The molecule has 1 atom stereocenters. The fourth-order valence-corrected chi connectivity index (χ4v) is 3.94. The molecule has 0 aliphatic carbocycles. The number of aryl methyl sites for hydroxylation is 1. The largest absolute Gasteiger partial charge is 0.382 e. The van der Waals surface area contributed by atoms with Gasteiger partial charge in [0, 0.05) is 35.3 Å². The third-order valence-corrected chi connectivity index (χ3v) is 5.62. The molecule has 1 amide bonds. The number of carbonyl (C=O) groups is 1. The number of morpholine rings is 1. The Balaban J connectivity index is 1.42. The van der Waals surface area contributed by atoms with Gasteiger partial charge in [0.15, 0.2) is 5.82 Å². The Morgan fingerprint density at radius 2 is 1.97 bits per heavy atom. The summed E-state index contributed by atoms with van der Waals surface area (Å²) >= 11 is 0. The van der Waals surface area contributed by atoms with Crippen molar-refractivity contribution in [1.29, 1.82) is 0 Å². The second kappa shape index (κ2) is 8.49. The number of nitrogens with one attached hydrogen (secondary N) is 3. The van der Waals surface area contributed by atoms with Crippen molar-refractivity contribution in [2.75, 3.05) is 36.5 Å². The zero-order chi connectivity index (χ0) is 22.9. The van der Waals surface area contributed by atoms with Crippen molar-refractivity contribution < 1.29 is 9.53 Å². The van der Waals surface area contributed by atoms with Crippen LogP contribution in [-0.4, -0.2) is 51.9 Å². The van der Waals surface area contributed by atoms with Gasteiger partial charge in [0.25, 0.3) is 5.91 Å². The molecule has 1 aliphatic heterocycles. The van der Waals surface area contributed by atoms with E-state index in [1.54, 1.807) is 0 Å². The minimum atomic E-state index is -0.495. The van der Waals surface area contributed by atoms with Crippen LogP contribution in [0.4, 0.5) is 17.5 Å². The van der Waals surface area contributed by atoms with Crippen molar-refractivity contribution >= 4 is 34.3 Å². The van der Waals surface area contributed by atoms with Crippen LogP contribution in [0, 0.1) is 6.92 Å². The summed E-state index contributed by atoms with van der Waals surface area (Å²) in [7, 11) is 0. The smallest absolute Gasteiger partial charge is 0.254 e. The summed E-state index contributed by atoms with van der Waals surface area (Å²) < 4.78 is 5.51. The molecule has 33 heavy (non-hydrogen) atoms. The van der Waals surface area contributed by atoms with Crippen molar-refractivity contribution in [3.05, 3.63) is 48.0 Å². The number of H-pyrrole nitrogens is 1. The summed E-state index contributed by atoms with van der Waals surface area (Å²) in [4.78, 5) is 21.3. The molecule has 7 N–H and O–H groups in total. The highest BCUT2D eigenvalue weighted by molar-refractivity contribution is 5.95. The number of amides is 1. The monoisotopic (exact) mass is 444 g/mol. The molecule has 1 saturated heterocycles. The molecule has 168 valence electrons. The van der Waals surface area contributed by atoms with Crippen LogP contribution in [0.25, 0.3) is 33.4 Å². The lowest BCUT2D eigenvalue weighted by Crippen LogP contribution is -2.45. The predicted octanol–water partition coefficient (Wildman–Crippen LogP) is 2.09. The van der Waals surface area contributed by atoms with Gasteiger partial charge in [-0.25, -0.2) is 9.97 Å². The highest BCUT2D eigenvalue weighted by atomic mass is 16.5. The van der Waals surface area contributed by atoms with Crippen molar-refractivity contribution in [3.63, 3.8) is 0 Å². The van der Waals surface area contributed by atoms with Crippen LogP contribution in [0.3, 0.4) is 0 Å². The Morgan fingerprint density at radius 3 is 2.76 bits per heavy atom. The van der Waals surface area contributed by atoms with Crippen LogP contribution in [0.1, 0.15) is 5.56 Å². The molecule has 0 radical (unpaired) electrons. The van der Waals surface area contributed by atoms with Crippen LogP contribution in [0.5, 0.6) is 0 Å². The van der Waals surface area contributed by atoms with Gasteiger partial charge in [-0.15, -0.1) is 0 Å². The molecular weight excluding hydrogens is 420 g/mol. The fourth-order valence-electron chi connectivity index (χ4n) is 3.94. The standard InChI is InChI=1S/C23H24N8O2/c1-12-8-14(27-22(32)20-11-26-6-7-33-20)3-5-15(12)18-10-17(28-23(25)29-18)13-2-4-16-19(9-13)30-31-21(16)24/h2-5,8-10,20,26H,6-7,11H2,1H3,(H,27,32)(H3,24,30,31)(H2,25,28,29)/t20-/m0/s1. The first kappa shape index (κ1) is 20.9. The summed E-state index contributed by atoms with van der Waals surface area (Å²) in [6.07, 6.45) is -0.495. The molecule has 0 bridgehead atoms. The fraction of sp³-hybridized carbons (Fsp3) is 0.217. The van der Waals surface area contributed by atoms with Crippen molar-refractivity contribution in [1.82, 2.24) is 25.5 Å². The number of nitrogens with two attached hydrogens (primary N) is 2. The lowest BCUT2D eigenvalue weighted by atomic mass is 10.0. The number of aromatic amines is 1. The van der Waals surface area contributed by atoms with Gasteiger partial charge in [-0.3, -0.25) is 9.89 Å². The van der Waals surface area contributed by atoms with Crippen LogP contribution in [-0.2, 0) is 9.53 Å². The third kappa shape index (κ3) is 4.21. The van der Waals surface area contributed by atoms with Gasteiger partial charge in [-0.1, -0.05) is 12.1 Å². The Bertz CT molecular complexity index is 1340. The summed E-state index contributed by atoms with van der Waals surface area (Å²) in [5.41, 5.74) is 17.5. The van der Waals surface area contributed by atoms with Crippen LogP contribution in [0.2, 0.25) is 0 Å².